The van der Waals surface area contributed by atoms with Crippen molar-refractivity contribution in [2.45, 2.75) is 6.42 Å². The van der Waals surface area contributed by atoms with Crippen molar-refractivity contribution >= 4 is 17.3 Å². The lowest BCUT2D eigenvalue weighted by Gasteiger charge is -2.03. The number of aliphatic carboxylic acids is 1. The summed E-state index contributed by atoms with van der Waals surface area (Å²) < 4.78 is 1.81. The third kappa shape index (κ3) is 2.09. The summed E-state index contributed by atoms with van der Waals surface area (Å²) in [6.07, 6.45) is 1.74. The quantitative estimate of drug-likeness (QED) is 0.713. The molecule has 0 atom stereocenters. The molecular weight excluding hydrogens is 254 g/mol. The van der Waals surface area contributed by atoms with Gasteiger partial charge in [-0.25, -0.2) is 4.98 Å². The molecule has 0 bridgehead atoms. The van der Waals surface area contributed by atoms with Gasteiger partial charge in [0, 0.05) is 17.4 Å². The minimum Gasteiger partial charge on any atom is -0.481 e. The van der Waals surface area contributed by atoms with Crippen molar-refractivity contribution in [1.82, 2.24) is 9.38 Å². The third-order valence-corrected chi connectivity index (χ3v) is 3.13. The Hall–Kier alpha value is -2.82. The van der Waals surface area contributed by atoms with Gasteiger partial charge >= 0.3 is 5.97 Å². The predicted octanol–water partition coefficient (Wildman–Crippen LogP) is 2.21. The fourth-order valence-electron chi connectivity index (χ4n) is 2.23. The van der Waals surface area contributed by atoms with Gasteiger partial charge < -0.3 is 15.2 Å². The number of anilines is 1. The second-order valence-electron chi connectivity index (χ2n) is 4.53. The number of carboxylic acid groups (broad SMARTS) is 1. The normalized spacial score (nSPS) is 10.8. The van der Waals surface area contributed by atoms with E-state index >= 15 is 0 Å². The molecule has 1 aromatic carbocycles. The highest BCUT2D eigenvalue weighted by Crippen LogP contribution is 2.25. The van der Waals surface area contributed by atoms with E-state index in [0.717, 1.165) is 11.2 Å². The Morgan fingerprint density at radius 2 is 1.95 bits per heavy atom. The lowest BCUT2D eigenvalue weighted by Crippen LogP contribution is -2.04. The Balaban J connectivity index is 2.23. The van der Waals surface area contributed by atoms with E-state index in [4.69, 9.17) is 10.8 Å². The monoisotopic (exact) mass is 267 g/mol. The lowest BCUT2D eigenvalue weighted by atomic mass is 10.1. The number of imidazole rings is 1. The second-order valence-corrected chi connectivity index (χ2v) is 4.53. The van der Waals surface area contributed by atoms with Gasteiger partial charge in [0.25, 0.3) is 0 Å². The highest BCUT2D eigenvalue weighted by molar-refractivity contribution is 5.76. The Morgan fingerprint density at radius 1 is 1.20 bits per heavy atom. The summed E-state index contributed by atoms with van der Waals surface area (Å²) in [5.41, 5.74) is 9.28. The number of carboxylic acids is 1. The molecule has 0 aliphatic heterocycles. The van der Waals surface area contributed by atoms with E-state index in [1.165, 1.54) is 0 Å². The van der Waals surface area contributed by atoms with Crippen LogP contribution in [-0.2, 0) is 11.2 Å². The van der Waals surface area contributed by atoms with Crippen LogP contribution in [0.2, 0.25) is 0 Å². The number of rotatable bonds is 3. The molecule has 20 heavy (non-hydrogen) atoms. The fourth-order valence-corrected chi connectivity index (χ4v) is 2.23. The van der Waals surface area contributed by atoms with Crippen molar-refractivity contribution in [1.29, 1.82) is 0 Å². The topological polar surface area (TPSA) is 80.6 Å². The Morgan fingerprint density at radius 3 is 2.65 bits per heavy atom. The zero-order valence-electron chi connectivity index (χ0n) is 10.7. The number of hydrogen-bond donors (Lipinski definition) is 2. The first-order valence-corrected chi connectivity index (χ1v) is 6.19. The number of aromatic nitrogens is 2. The first-order valence-electron chi connectivity index (χ1n) is 6.19. The van der Waals surface area contributed by atoms with E-state index in [0.29, 0.717) is 17.1 Å². The SMILES string of the molecule is Nc1ccc(-c2nc3ccccn3c2CC(=O)O)cc1. The van der Waals surface area contributed by atoms with Crippen LogP contribution in [0.1, 0.15) is 5.69 Å². The fraction of sp³-hybridized carbons (Fsp3) is 0.0667. The van der Waals surface area contributed by atoms with Crippen LogP contribution in [0.5, 0.6) is 0 Å². The Labute approximate surface area is 115 Å². The number of nitrogens with zero attached hydrogens (tertiary/aromatic N) is 2. The molecule has 2 heterocycles. The molecule has 0 spiro atoms. The van der Waals surface area contributed by atoms with E-state index in [9.17, 15) is 4.79 Å². The van der Waals surface area contributed by atoms with Crippen molar-refractivity contribution in [2.75, 3.05) is 5.73 Å². The highest BCUT2D eigenvalue weighted by atomic mass is 16.4. The number of carbonyl (C=O) groups is 1. The van der Waals surface area contributed by atoms with Gasteiger partial charge in [0.1, 0.15) is 5.65 Å². The van der Waals surface area contributed by atoms with Gasteiger partial charge in [0.2, 0.25) is 0 Å². The summed E-state index contributed by atoms with van der Waals surface area (Å²) >= 11 is 0. The number of nitrogens with two attached hydrogens (primary N) is 1. The molecule has 0 fully saturated rings. The van der Waals surface area contributed by atoms with Crippen LogP contribution in [-0.4, -0.2) is 20.5 Å². The summed E-state index contributed by atoms with van der Waals surface area (Å²) in [5.74, 6) is -0.882. The van der Waals surface area contributed by atoms with Crippen LogP contribution in [0.15, 0.2) is 48.7 Å². The molecule has 0 radical (unpaired) electrons. The summed E-state index contributed by atoms with van der Waals surface area (Å²) in [4.78, 5) is 15.6. The molecule has 0 aliphatic carbocycles. The molecule has 3 rings (SSSR count). The average Bonchev–Trinajstić information content (AvgIpc) is 2.78. The zero-order valence-corrected chi connectivity index (χ0v) is 10.7. The van der Waals surface area contributed by atoms with Crippen LogP contribution in [0.25, 0.3) is 16.9 Å². The molecule has 3 aromatic rings. The third-order valence-electron chi connectivity index (χ3n) is 3.13. The van der Waals surface area contributed by atoms with E-state index in [1.54, 1.807) is 16.5 Å². The van der Waals surface area contributed by atoms with E-state index < -0.39 is 5.97 Å². The summed E-state index contributed by atoms with van der Waals surface area (Å²) in [7, 11) is 0. The number of pyridine rings is 1. The maximum absolute atomic E-state index is 11.1. The minimum atomic E-state index is -0.882. The van der Waals surface area contributed by atoms with Gasteiger partial charge in [0.15, 0.2) is 0 Å². The molecular formula is C15H13N3O2. The second kappa shape index (κ2) is 4.70. The standard InChI is InChI=1S/C15H13N3O2/c16-11-6-4-10(5-7-11)15-12(9-14(19)20)18-8-2-1-3-13(18)17-15/h1-8H,9,16H2,(H,19,20). The zero-order chi connectivity index (χ0) is 14.1. The summed E-state index contributed by atoms with van der Waals surface area (Å²) in [6, 6.07) is 12.8. The maximum atomic E-state index is 11.1. The van der Waals surface area contributed by atoms with Crippen LogP contribution >= 0.6 is 0 Å². The average molecular weight is 267 g/mol. The molecule has 3 N–H and O–H groups in total. The first kappa shape index (κ1) is 12.2. The van der Waals surface area contributed by atoms with Gasteiger partial charge in [-0.05, 0) is 24.3 Å². The van der Waals surface area contributed by atoms with Gasteiger partial charge in [-0.3, -0.25) is 4.79 Å². The molecule has 100 valence electrons. The number of benzene rings is 1. The first-order chi connectivity index (χ1) is 9.65. The molecule has 0 unspecified atom stereocenters. The predicted molar refractivity (Wildman–Crippen MR) is 76.4 cm³/mol. The molecule has 0 saturated heterocycles. The van der Waals surface area contributed by atoms with Crippen molar-refractivity contribution < 1.29 is 9.90 Å². The Kier molecular flexibility index (Phi) is 2.87. The van der Waals surface area contributed by atoms with Crippen LogP contribution in [0.3, 0.4) is 0 Å². The highest BCUT2D eigenvalue weighted by Gasteiger charge is 2.16. The largest absolute Gasteiger partial charge is 0.481 e. The van der Waals surface area contributed by atoms with Crippen LogP contribution in [0.4, 0.5) is 5.69 Å². The smallest absolute Gasteiger partial charge is 0.309 e. The van der Waals surface area contributed by atoms with E-state index in [2.05, 4.69) is 4.98 Å². The summed E-state index contributed by atoms with van der Waals surface area (Å²) in [5, 5.41) is 9.10. The number of hydrogen-bond acceptors (Lipinski definition) is 3. The Bertz CT molecular complexity index is 775. The molecule has 2 aromatic heterocycles. The number of nitrogen functional groups attached to an aromatic ring is 1. The maximum Gasteiger partial charge on any atom is 0.309 e. The molecule has 5 nitrogen and oxygen atoms in total. The van der Waals surface area contributed by atoms with Gasteiger partial charge in [-0.15, -0.1) is 0 Å². The van der Waals surface area contributed by atoms with Gasteiger partial charge in [-0.1, -0.05) is 18.2 Å². The lowest BCUT2D eigenvalue weighted by molar-refractivity contribution is -0.136. The molecule has 0 amide bonds. The van der Waals surface area contributed by atoms with Crippen molar-refractivity contribution in [3.05, 3.63) is 54.4 Å². The van der Waals surface area contributed by atoms with E-state index in [1.807, 2.05) is 36.5 Å². The number of fused-ring (bicyclic) bond motifs is 1. The van der Waals surface area contributed by atoms with Crippen LogP contribution < -0.4 is 5.73 Å². The van der Waals surface area contributed by atoms with Crippen LogP contribution in [0, 0.1) is 0 Å². The van der Waals surface area contributed by atoms with Gasteiger partial charge in [-0.2, -0.15) is 0 Å². The van der Waals surface area contributed by atoms with Crippen molar-refractivity contribution in [2.24, 2.45) is 0 Å². The van der Waals surface area contributed by atoms with Gasteiger partial charge in [0.05, 0.1) is 17.8 Å². The molecule has 0 aliphatic rings. The summed E-state index contributed by atoms with van der Waals surface area (Å²) in [6.45, 7) is 0. The van der Waals surface area contributed by atoms with E-state index in [-0.39, 0.29) is 6.42 Å². The van der Waals surface area contributed by atoms with Crippen molar-refractivity contribution in [3.63, 3.8) is 0 Å². The molecule has 5 heteroatoms. The molecule has 0 saturated carbocycles. The minimum absolute atomic E-state index is 0.0785. The van der Waals surface area contributed by atoms with Crippen molar-refractivity contribution in [3.8, 4) is 11.3 Å².